The normalized spacial score (nSPS) is 10.2. The first kappa shape index (κ1) is 13.6. The molecule has 17 heavy (non-hydrogen) atoms. The summed E-state index contributed by atoms with van der Waals surface area (Å²) in [5.41, 5.74) is 7.53. The van der Waals surface area contributed by atoms with Gasteiger partial charge in [-0.3, -0.25) is 4.79 Å². The molecule has 3 nitrogen and oxygen atoms in total. The molecule has 2 N–H and O–H groups in total. The molecule has 3 heteroatoms. The van der Waals surface area contributed by atoms with Gasteiger partial charge in [-0.25, -0.2) is 0 Å². The summed E-state index contributed by atoms with van der Waals surface area (Å²) in [7, 11) is 1.84. The molecule has 0 heterocycles. The van der Waals surface area contributed by atoms with Crippen LogP contribution in [0.25, 0.3) is 0 Å². The smallest absolute Gasteiger partial charge is 0.222 e. The van der Waals surface area contributed by atoms with E-state index < -0.39 is 0 Å². The van der Waals surface area contributed by atoms with Crippen molar-refractivity contribution in [2.75, 3.05) is 12.8 Å². The fraction of sp³-hybridized carbons (Fsp3) is 0.500. The zero-order valence-corrected chi connectivity index (χ0v) is 10.8. The molecule has 1 aromatic carbocycles. The van der Waals surface area contributed by atoms with Crippen LogP contribution in [0.15, 0.2) is 24.3 Å². The molecule has 0 bridgehead atoms. The minimum atomic E-state index is 0.209. The first-order chi connectivity index (χ1) is 8.13. The number of nitrogens with zero attached hydrogens (tertiary/aromatic N) is 1. The molecule has 0 fully saturated rings. The Morgan fingerprint density at radius 3 is 2.76 bits per heavy atom. The van der Waals surface area contributed by atoms with Gasteiger partial charge in [-0.1, -0.05) is 31.9 Å². The molecule has 0 unspecified atom stereocenters. The monoisotopic (exact) mass is 234 g/mol. The van der Waals surface area contributed by atoms with Gasteiger partial charge in [0.2, 0.25) is 5.91 Å². The molecule has 1 rings (SSSR count). The third-order valence-electron chi connectivity index (χ3n) is 2.79. The van der Waals surface area contributed by atoms with Crippen molar-refractivity contribution >= 4 is 11.6 Å². The van der Waals surface area contributed by atoms with Crippen LogP contribution in [0.5, 0.6) is 0 Å². The van der Waals surface area contributed by atoms with Crippen LogP contribution in [0.3, 0.4) is 0 Å². The van der Waals surface area contributed by atoms with Crippen LogP contribution in [-0.2, 0) is 11.3 Å². The van der Waals surface area contributed by atoms with Gasteiger partial charge in [0.1, 0.15) is 0 Å². The molecule has 0 aliphatic carbocycles. The maximum atomic E-state index is 11.8. The SMILES string of the molecule is CCCCCC(=O)N(C)Cc1cccc(N)c1. The molecule has 1 aromatic rings. The van der Waals surface area contributed by atoms with E-state index in [1.54, 1.807) is 4.90 Å². The number of carbonyl (C=O) groups excluding carboxylic acids is 1. The van der Waals surface area contributed by atoms with Gasteiger partial charge in [-0.2, -0.15) is 0 Å². The average Bonchev–Trinajstić information content (AvgIpc) is 2.29. The highest BCUT2D eigenvalue weighted by molar-refractivity contribution is 5.75. The number of nitrogen functional groups attached to an aromatic ring is 1. The third-order valence-corrected chi connectivity index (χ3v) is 2.79. The van der Waals surface area contributed by atoms with Crippen LogP contribution < -0.4 is 5.73 Å². The lowest BCUT2D eigenvalue weighted by atomic mass is 10.1. The number of unbranched alkanes of at least 4 members (excludes halogenated alkanes) is 2. The summed E-state index contributed by atoms with van der Waals surface area (Å²) in [5.74, 6) is 0.209. The van der Waals surface area contributed by atoms with Crippen molar-refractivity contribution in [1.82, 2.24) is 4.90 Å². The van der Waals surface area contributed by atoms with Crippen LogP contribution in [-0.4, -0.2) is 17.9 Å². The van der Waals surface area contributed by atoms with Gasteiger partial charge < -0.3 is 10.6 Å². The predicted molar refractivity (Wildman–Crippen MR) is 71.5 cm³/mol. The third kappa shape index (κ3) is 4.89. The van der Waals surface area contributed by atoms with Crippen molar-refractivity contribution in [3.63, 3.8) is 0 Å². The first-order valence-corrected chi connectivity index (χ1v) is 6.22. The summed E-state index contributed by atoms with van der Waals surface area (Å²) >= 11 is 0. The van der Waals surface area contributed by atoms with Crippen molar-refractivity contribution in [1.29, 1.82) is 0 Å². The zero-order chi connectivity index (χ0) is 12.7. The highest BCUT2D eigenvalue weighted by atomic mass is 16.2. The van der Waals surface area contributed by atoms with Gasteiger partial charge >= 0.3 is 0 Å². The highest BCUT2D eigenvalue weighted by Gasteiger charge is 2.08. The highest BCUT2D eigenvalue weighted by Crippen LogP contribution is 2.10. The van der Waals surface area contributed by atoms with Crippen LogP contribution in [0, 0.1) is 0 Å². The van der Waals surface area contributed by atoms with E-state index in [1.165, 1.54) is 0 Å². The number of benzene rings is 1. The van der Waals surface area contributed by atoms with E-state index in [-0.39, 0.29) is 5.91 Å². The van der Waals surface area contributed by atoms with Gasteiger partial charge in [0, 0.05) is 25.7 Å². The van der Waals surface area contributed by atoms with E-state index in [2.05, 4.69) is 6.92 Å². The minimum Gasteiger partial charge on any atom is -0.399 e. The number of hydrogen-bond acceptors (Lipinski definition) is 2. The first-order valence-electron chi connectivity index (χ1n) is 6.22. The molecular weight excluding hydrogens is 212 g/mol. The van der Waals surface area contributed by atoms with Crippen molar-refractivity contribution in [2.24, 2.45) is 0 Å². The second kappa shape index (κ2) is 6.94. The molecule has 0 aliphatic heterocycles. The molecule has 94 valence electrons. The van der Waals surface area contributed by atoms with Gasteiger partial charge in [-0.05, 0) is 24.1 Å². The van der Waals surface area contributed by atoms with E-state index in [4.69, 9.17) is 5.73 Å². The Morgan fingerprint density at radius 2 is 2.12 bits per heavy atom. The zero-order valence-electron chi connectivity index (χ0n) is 10.8. The summed E-state index contributed by atoms with van der Waals surface area (Å²) in [5, 5.41) is 0. The number of rotatable bonds is 6. The standard InChI is InChI=1S/C14H22N2O/c1-3-4-5-9-14(17)16(2)11-12-7-6-8-13(15)10-12/h6-8,10H,3-5,9,11,15H2,1-2H3. The second-order valence-electron chi connectivity index (χ2n) is 4.45. The molecule has 0 aromatic heterocycles. The van der Waals surface area contributed by atoms with Crippen LogP contribution >= 0.6 is 0 Å². The van der Waals surface area contributed by atoms with E-state index >= 15 is 0 Å². The number of amides is 1. The Bertz CT molecular complexity index is 363. The lowest BCUT2D eigenvalue weighted by molar-refractivity contribution is -0.130. The quantitative estimate of drug-likeness (QED) is 0.607. The average molecular weight is 234 g/mol. The summed E-state index contributed by atoms with van der Waals surface area (Å²) in [4.78, 5) is 13.6. The number of carbonyl (C=O) groups is 1. The predicted octanol–water partition coefficient (Wildman–Crippen LogP) is 2.81. The Hall–Kier alpha value is -1.51. The topological polar surface area (TPSA) is 46.3 Å². The Kier molecular flexibility index (Phi) is 5.53. The number of hydrogen-bond donors (Lipinski definition) is 1. The van der Waals surface area contributed by atoms with Crippen LogP contribution in [0.1, 0.15) is 38.2 Å². The van der Waals surface area contributed by atoms with Crippen molar-refractivity contribution < 1.29 is 4.79 Å². The van der Waals surface area contributed by atoms with Gasteiger partial charge in [-0.15, -0.1) is 0 Å². The largest absolute Gasteiger partial charge is 0.399 e. The second-order valence-corrected chi connectivity index (χ2v) is 4.45. The Morgan fingerprint density at radius 1 is 1.35 bits per heavy atom. The lowest BCUT2D eigenvalue weighted by Crippen LogP contribution is -2.25. The maximum Gasteiger partial charge on any atom is 0.222 e. The molecule has 0 aliphatic rings. The summed E-state index contributed by atoms with van der Waals surface area (Å²) in [6.07, 6.45) is 3.90. The Labute approximate surface area is 104 Å². The van der Waals surface area contributed by atoms with Crippen molar-refractivity contribution in [3.8, 4) is 0 Å². The fourth-order valence-corrected chi connectivity index (χ4v) is 1.77. The van der Waals surface area contributed by atoms with Gasteiger partial charge in [0.05, 0.1) is 0 Å². The molecule has 1 amide bonds. The summed E-state index contributed by atoms with van der Waals surface area (Å²) < 4.78 is 0. The molecule has 0 spiro atoms. The molecular formula is C14H22N2O. The van der Waals surface area contributed by atoms with Crippen molar-refractivity contribution in [3.05, 3.63) is 29.8 Å². The van der Waals surface area contributed by atoms with E-state index in [0.29, 0.717) is 13.0 Å². The fourth-order valence-electron chi connectivity index (χ4n) is 1.77. The van der Waals surface area contributed by atoms with E-state index in [1.807, 2.05) is 31.3 Å². The van der Waals surface area contributed by atoms with E-state index in [9.17, 15) is 4.79 Å². The molecule has 0 saturated heterocycles. The Balaban J connectivity index is 2.43. The minimum absolute atomic E-state index is 0.209. The lowest BCUT2D eigenvalue weighted by Gasteiger charge is -2.17. The maximum absolute atomic E-state index is 11.8. The van der Waals surface area contributed by atoms with Crippen LogP contribution in [0.4, 0.5) is 5.69 Å². The molecule has 0 atom stereocenters. The number of nitrogens with two attached hydrogens (primary N) is 1. The van der Waals surface area contributed by atoms with Gasteiger partial charge in [0.25, 0.3) is 0 Å². The summed E-state index contributed by atoms with van der Waals surface area (Å²) in [6.45, 7) is 2.77. The van der Waals surface area contributed by atoms with Crippen LogP contribution in [0.2, 0.25) is 0 Å². The molecule has 0 radical (unpaired) electrons. The van der Waals surface area contributed by atoms with E-state index in [0.717, 1.165) is 30.5 Å². The van der Waals surface area contributed by atoms with Crippen molar-refractivity contribution in [2.45, 2.75) is 39.2 Å². The van der Waals surface area contributed by atoms with Gasteiger partial charge in [0.15, 0.2) is 0 Å². The molecule has 0 saturated carbocycles. The number of anilines is 1. The summed E-state index contributed by atoms with van der Waals surface area (Å²) in [6, 6.07) is 7.68.